The molecule has 0 saturated carbocycles. The van der Waals surface area contributed by atoms with Crippen LogP contribution in [-0.4, -0.2) is 7.28 Å². The smallest absolute Gasteiger partial charge is 0.198 e. The standard InChI is InChI=1S/C54H44BNS/c1-6-35(31-33(2)34(3)57-36-19-8-7-9-20-36)40-32-41-39-23-10-13-24-42(39)53(4,5)49(41)52-50(40)55-47-29-18-28-46-51(47)56(52)48-30-17-16-27-45(48)54(46)43-25-14-11-21-37(43)38-22-12-15-26-44(38)54/h7-32,55H,6H2,1-5H3/b34-33+,35-31+. The van der Waals surface area contributed by atoms with Crippen molar-refractivity contribution in [1.82, 2.24) is 0 Å². The summed E-state index contributed by atoms with van der Waals surface area (Å²) in [5, 5.41) is 0. The van der Waals surface area contributed by atoms with Crippen LogP contribution < -0.4 is 15.8 Å². The average molecular weight is 750 g/mol. The van der Waals surface area contributed by atoms with E-state index in [4.69, 9.17) is 0 Å². The highest BCUT2D eigenvalue weighted by Gasteiger charge is 2.54. The van der Waals surface area contributed by atoms with Crippen molar-refractivity contribution in [3.8, 4) is 22.3 Å². The molecule has 0 radical (unpaired) electrons. The van der Waals surface area contributed by atoms with Crippen molar-refractivity contribution in [3.05, 3.63) is 207 Å². The summed E-state index contributed by atoms with van der Waals surface area (Å²) in [5.41, 5.74) is 24.1. The molecule has 0 N–H and O–H groups in total. The molecule has 11 rings (SSSR count). The molecule has 57 heavy (non-hydrogen) atoms. The van der Waals surface area contributed by atoms with Crippen molar-refractivity contribution in [2.24, 2.45) is 0 Å². The molecule has 7 aromatic rings. The Kier molecular flexibility index (Phi) is 7.63. The van der Waals surface area contributed by atoms with E-state index in [0.29, 0.717) is 0 Å². The lowest BCUT2D eigenvalue weighted by molar-refractivity contribution is 0.660. The Bertz CT molecular complexity index is 2850. The van der Waals surface area contributed by atoms with Crippen molar-refractivity contribution >= 4 is 52.6 Å². The predicted molar refractivity (Wildman–Crippen MR) is 245 cm³/mol. The maximum absolute atomic E-state index is 2.72. The Morgan fingerprint density at radius 2 is 1.19 bits per heavy atom. The van der Waals surface area contributed by atoms with Gasteiger partial charge < -0.3 is 4.90 Å². The lowest BCUT2D eigenvalue weighted by Gasteiger charge is -2.49. The lowest BCUT2D eigenvalue weighted by atomic mass is 9.53. The van der Waals surface area contributed by atoms with Crippen LogP contribution in [-0.2, 0) is 10.8 Å². The highest BCUT2D eigenvalue weighted by Crippen LogP contribution is 2.65. The van der Waals surface area contributed by atoms with Gasteiger partial charge in [0.2, 0.25) is 0 Å². The van der Waals surface area contributed by atoms with Crippen molar-refractivity contribution in [2.45, 2.75) is 56.8 Å². The number of hydrogen-bond acceptors (Lipinski definition) is 2. The molecule has 1 spiro atoms. The fourth-order valence-corrected chi connectivity index (χ4v) is 11.8. The Hall–Kier alpha value is -5.77. The number of fused-ring (bicyclic) bond motifs is 15. The monoisotopic (exact) mass is 749 g/mol. The van der Waals surface area contributed by atoms with Crippen LogP contribution in [0.3, 0.4) is 0 Å². The van der Waals surface area contributed by atoms with Crippen LogP contribution in [0.1, 0.15) is 80.0 Å². The Morgan fingerprint density at radius 3 is 1.88 bits per heavy atom. The summed E-state index contributed by atoms with van der Waals surface area (Å²) in [5.74, 6) is 0. The van der Waals surface area contributed by atoms with Crippen molar-refractivity contribution in [2.75, 3.05) is 4.90 Å². The van der Waals surface area contributed by atoms with Gasteiger partial charge in [0.1, 0.15) is 0 Å². The van der Waals surface area contributed by atoms with Gasteiger partial charge in [0.15, 0.2) is 7.28 Å². The summed E-state index contributed by atoms with van der Waals surface area (Å²) in [6.07, 6.45) is 3.42. The zero-order valence-electron chi connectivity index (χ0n) is 33.3. The molecule has 4 aliphatic rings. The molecule has 0 bridgehead atoms. The Labute approximate surface area is 342 Å². The largest absolute Gasteiger partial charge is 0.311 e. The maximum atomic E-state index is 2.72. The number of hydrogen-bond donors (Lipinski definition) is 0. The van der Waals surface area contributed by atoms with E-state index in [1.807, 2.05) is 11.8 Å². The summed E-state index contributed by atoms with van der Waals surface area (Å²) in [4.78, 5) is 5.32. The Balaban J connectivity index is 1.22. The second kappa shape index (κ2) is 12.6. The number of allylic oxidation sites excluding steroid dienone is 4. The fraction of sp³-hybridized carbons (Fsp3) is 0.148. The second-order valence-electron chi connectivity index (χ2n) is 16.7. The molecule has 7 aromatic carbocycles. The van der Waals surface area contributed by atoms with Gasteiger partial charge in [0.25, 0.3) is 0 Å². The summed E-state index contributed by atoms with van der Waals surface area (Å²) in [6, 6.07) is 57.3. The van der Waals surface area contributed by atoms with Gasteiger partial charge in [0.05, 0.1) is 11.1 Å². The van der Waals surface area contributed by atoms with Gasteiger partial charge in [-0.15, -0.1) is 0 Å². The van der Waals surface area contributed by atoms with Crippen LogP contribution >= 0.6 is 11.8 Å². The van der Waals surface area contributed by atoms with Crippen LogP contribution in [0.15, 0.2) is 173 Å². The number of anilines is 3. The molecule has 2 aliphatic heterocycles. The minimum absolute atomic E-state index is 0.188. The summed E-state index contributed by atoms with van der Waals surface area (Å²) >= 11 is 1.86. The quantitative estimate of drug-likeness (QED) is 0.0979. The zero-order valence-corrected chi connectivity index (χ0v) is 34.1. The van der Waals surface area contributed by atoms with E-state index in [1.54, 1.807) is 0 Å². The minimum Gasteiger partial charge on any atom is -0.311 e. The van der Waals surface area contributed by atoms with Gasteiger partial charge in [0, 0.05) is 21.7 Å². The molecular formula is C54H44BNS. The summed E-state index contributed by atoms with van der Waals surface area (Å²) in [6.45, 7) is 11.8. The number of para-hydroxylation sites is 2. The third-order valence-electron chi connectivity index (χ3n) is 13.4. The van der Waals surface area contributed by atoms with Crippen LogP contribution in [0.2, 0.25) is 0 Å². The molecule has 0 amide bonds. The zero-order chi connectivity index (χ0) is 38.6. The first-order chi connectivity index (χ1) is 27.8. The highest BCUT2D eigenvalue weighted by atomic mass is 32.2. The first-order valence-electron chi connectivity index (χ1n) is 20.5. The topological polar surface area (TPSA) is 3.24 Å². The van der Waals surface area contributed by atoms with E-state index >= 15 is 0 Å². The van der Waals surface area contributed by atoms with Gasteiger partial charge >= 0.3 is 0 Å². The second-order valence-corrected chi connectivity index (χ2v) is 18.0. The fourth-order valence-electron chi connectivity index (χ4n) is 10.9. The average Bonchev–Trinajstić information content (AvgIpc) is 3.67. The molecule has 0 unspecified atom stereocenters. The third-order valence-corrected chi connectivity index (χ3v) is 14.6. The van der Waals surface area contributed by atoms with E-state index in [9.17, 15) is 0 Å². The SMILES string of the molecule is CC/C(=C\C(C)=C(/C)Sc1ccccc1)c1cc2c(c3c1Bc1cccc4c1N3c1ccccc1C41c3ccccc3-c3ccccc31)C(C)(C)c1ccccc1-2. The van der Waals surface area contributed by atoms with E-state index in [2.05, 4.69) is 197 Å². The van der Waals surface area contributed by atoms with Gasteiger partial charge in [-0.05, 0) is 127 Å². The highest BCUT2D eigenvalue weighted by molar-refractivity contribution is 8.03. The third kappa shape index (κ3) is 4.67. The maximum Gasteiger partial charge on any atom is 0.198 e. The van der Waals surface area contributed by atoms with Gasteiger partial charge in [-0.1, -0.05) is 171 Å². The number of thioether (sulfide) groups is 1. The molecule has 2 heterocycles. The van der Waals surface area contributed by atoms with Crippen molar-refractivity contribution in [3.63, 3.8) is 0 Å². The lowest BCUT2D eigenvalue weighted by Crippen LogP contribution is -2.48. The summed E-state index contributed by atoms with van der Waals surface area (Å²) < 4.78 is 0. The molecule has 0 aromatic heterocycles. The molecular weight excluding hydrogens is 705 g/mol. The normalized spacial score (nSPS) is 16.0. The number of benzene rings is 7. The summed E-state index contributed by atoms with van der Waals surface area (Å²) in [7, 11) is 0.878. The van der Waals surface area contributed by atoms with Crippen LogP contribution in [0, 0.1) is 0 Å². The van der Waals surface area contributed by atoms with Crippen LogP contribution in [0.25, 0.3) is 27.8 Å². The van der Waals surface area contributed by atoms with E-state index in [0.717, 1.165) is 13.7 Å². The van der Waals surface area contributed by atoms with Crippen molar-refractivity contribution < 1.29 is 0 Å². The molecule has 0 atom stereocenters. The number of rotatable bonds is 5. The number of nitrogens with zero attached hydrogens (tertiary/aromatic N) is 1. The molecule has 1 nitrogen and oxygen atoms in total. The van der Waals surface area contributed by atoms with E-state index in [1.165, 1.54) is 110 Å². The molecule has 0 fully saturated rings. The molecule has 3 heteroatoms. The van der Waals surface area contributed by atoms with Crippen LogP contribution in [0.5, 0.6) is 0 Å². The predicted octanol–water partition coefficient (Wildman–Crippen LogP) is 12.7. The van der Waals surface area contributed by atoms with Crippen molar-refractivity contribution in [1.29, 1.82) is 0 Å². The minimum atomic E-state index is -0.424. The van der Waals surface area contributed by atoms with Gasteiger partial charge in [-0.25, -0.2) is 0 Å². The molecule has 274 valence electrons. The van der Waals surface area contributed by atoms with Gasteiger partial charge in [-0.3, -0.25) is 0 Å². The van der Waals surface area contributed by atoms with Crippen LogP contribution in [0.4, 0.5) is 17.1 Å². The molecule has 0 saturated heterocycles. The van der Waals surface area contributed by atoms with E-state index in [-0.39, 0.29) is 5.41 Å². The van der Waals surface area contributed by atoms with E-state index < -0.39 is 5.41 Å². The van der Waals surface area contributed by atoms with Gasteiger partial charge in [-0.2, -0.15) is 0 Å². The molecule has 2 aliphatic carbocycles. The first kappa shape index (κ1) is 34.5. The first-order valence-corrected chi connectivity index (χ1v) is 21.3. The Morgan fingerprint density at radius 1 is 0.614 bits per heavy atom.